The number of ether oxygens (including phenoxy) is 1. The van der Waals surface area contributed by atoms with Crippen molar-refractivity contribution in [1.29, 1.82) is 0 Å². The summed E-state index contributed by atoms with van der Waals surface area (Å²) < 4.78 is 5.80. The Morgan fingerprint density at radius 2 is 1.78 bits per heavy atom. The van der Waals surface area contributed by atoms with Gasteiger partial charge in [0.1, 0.15) is 6.10 Å². The Morgan fingerprint density at radius 1 is 1.11 bits per heavy atom. The molecule has 0 radical (unpaired) electrons. The van der Waals surface area contributed by atoms with Crippen LogP contribution in [0.3, 0.4) is 0 Å². The number of aliphatic hydroxyl groups is 1. The number of fused-ring (bicyclic) bond motifs is 5. The van der Waals surface area contributed by atoms with Crippen molar-refractivity contribution >= 4 is 11.9 Å². The molecule has 206 valence electrons. The number of carbonyl (C=O) groups excluding carboxylic acids is 1. The number of aliphatic hydroxyl groups excluding tert-OH is 1. The van der Waals surface area contributed by atoms with E-state index in [1.165, 1.54) is 6.92 Å². The minimum atomic E-state index is -1.07. The molecule has 8 heteroatoms. The van der Waals surface area contributed by atoms with Crippen molar-refractivity contribution in [2.24, 2.45) is 45.8 Å². The average Bonchev–Trinajstić information content (AvgIpc) is 3.08. The number of esters is 1. The summed E-state index contributed by atoms with van der Waals surface area (Å²) in [6.07, 6.45) is 7.96. The highest BCUT2D eigenvalue weighted by Gasteiger charge is 2.71. The minimum absolute atomic E-state index is 0.0559. The molecule has 0 spiro atoms. The van der Waals surface area contributed by atoms with E-state index in [1.54, 1.807) is 12.2 Å². The second-order valence-corrected chi connectivity index (χ2v) is 12.8. The quantitative estimate of drug-likeness (QED) is 0.217. The summed E-state index contributed by atoms with van der Waals surface area (Å²) in [5.74, 6) is -1.67. The van der Waals surface area contributed by atoms with Gasteiger partial charge in [0, 0.05) is 30.5 Å². The topological polar surface area (TPSA) is 162 Å². The van der Waals surface area contributed by atoms with Gasteiger partial charge in [-0.25, -0.2) is 4.79 Å². The van der Waals surface area contributed by atoms with E-state index in [0.29, 0.717) is 31.3 Å². The van der Waals surface area contributed by atoms with Gasteiger partial charge in [-0.1, -0.05) is 31.6 Å². The van der Waals surface area contributed by atoms with Crippen LogP contribution in [0.25, 0.3) is 0 Å². The molecule has 0 saturated heterocycles. The lowest BCUT2D eigenvalue weighted by Gasteiger charge is -2.68. The molecule has 0 bridgehead atoms. The van der Waals surface area contributed by atoms with Gasteiger partial charge in [0.25, 0.3) is 0 Å². The maximum Gasteiger partial charge on any atom is 0.335 e. The number of carboxylic acids is 1. The van der Waals surface area contributed by atoms with Crippen molar-refractivity contribution < 1.29 is 24.5 Å². The molecule has 37 heavy (non-hydrogen) atoms. The maximum absolute atomic E-state index is 12.6. The highest BCUT2D eigenvalue weighted by molar-refractivity contribution is 5.91. The molecule has 0 aromatic rings. The predicted octanol–water partition coefficient (Wildman–Crippen LogP) is 2.79. The first kappa shape index (κ1) is 28.0. The third-order valence-corrected chi connectivity index (χ3v) is 10.5. The molecule has 4 saturated carbocycles. The van der Waals surface area contributed by atoms with Crippen LogP contribution in [0.4, 0.5) is 0 Å². The Morgan fingerprint density at radius 3 is 2.38 bits per heavy atom. The fraction of sp³-hybridized carbons (Fsp3) is 0.724. The van der Waals surface area contributed by atoms with Gasteiger partial charge < -0.3 is 32.2 Å². The van der Waals surface area contributed by atoms with Crippen molar-refractivity contribution in [3.05, 3.63) is 34.9 Å². The number of allylic oxidation sites excluding steroid dienone is 3. The third kappa shape index (κ3) is 4.30. The van der Waals surface area contributed by atoms with Crippen molar-refractivity contribution in [2.45, 2.75) is 103 Å². The van der Waals surface area contributed by atoms with Gasteiger partial charge in [0.2, 0.25) is 0 Å². The summed E-state index contributed by atoms with van der Waals surface area (Å²) in [7, 11) is 0. The molecule has 10 atom stereocenters. The van der Waals surface area contributed by atoms with E-state index in [-0.39, 0.29) is 40.8 Å². The average molecular weight is 516 g/mol. The number of aliphatic carboxylic acids is 1. The van der Waals surface area contributed by atoms with Crippen LogP contribution in [0.2, 0.25) is 0 Å². The third-order valence-electron chi connectivity index (χ3n) is 10.5. The number of hydrogen-bond donors (Lipinski definition) is 5. The highest BCUT2D eigenvalue weighted by Crippen LogP contribution is 2.69. The molecule has 0 aliphatic heterocycles. The van der Waals surface area contributed by atoms with Crippen LogP contribution in [0.15, 0.2) is 34.9 Å². The molecule has 0 aromatic carbocycles. The zero-order chi connectivity index (χ0) is 27.5. The number of carboxylic acid groups (broad SMARTS) is 1. The molecule has 0 unspecified atom stereocenters. The van der Waals surface area contributed by atoms with Gasteiger partial charge in [-0.2, -0.15) is 0 Å². The fourth-order valence-electron chi connectivity index (χ4n) is 8.85. The summed E-state index contributed by atoms with van der Waals surface area (Å²) in [5, 5.41) is 20.8. The SMILES string of the molecule is CC(=O)O[C@H]1C[C@@]2(C)[C@H](/C1=C(\C=C/C=C(C)C)C(=O)O)[C@@H](N)C[C@H]1[C@@]3(C)CC[C@@H](O)[C@@H](N)[C@@H]3CC[C@@]12N. The van der Waals surface area contributed by atoms with E-state index in [2.05, 4.69) is 13.8 Å². The van der Waals surface area contributed by atoms with Crippen molar-refractivity contribution in [3.63, 3.8) is 0 Å². The van der Waals surface area contributed by atoms with Gasteiger partial charge in [-0.05, 0) is 86.7 Å². The summed E-state index contributed by atoms with van der Waals surface area (Å²) >= 11 is 0. The Balaban J connectivity index is 1.86. The van der Waals surface area contributed by atoms with Crippen LogP contribution in [0.1, 0.15) is 73.1 Å². The van der Waals surface area contributed by atoms with E-state index < -0.39 is 35.1 Å². The molecular formula is C29H45N3O5. The van der Waals surface area contributed by atoms with Crippen molar-refractivity contribution in [3.8, 4) is 0 Å². The molecule has 8 nitrogen and oxygen atoms in total. The number of hydrogen-bond acceptors (Lipinski definition) is 7. The molecular weight excluding hydrogens is 470 g/mol. The molecule has 0 amide bonds. The van der Waals surface area contributed by atoms with Crippen LogP contribution in [-0.2, 0) is 14.3 Å². The van der Waals surface area contributed by atoms with Gasteiger partial charge >= 0.3 is 11.9 Å². The van der Waals surface area contributed by atoms with E-state index in [9.17, 15) is 19.8 Å². The zero-order valence-corrected chi connectivity index (χ0v) is 22.9. The maximum atomic E-state index is 12.6. The lowest BCUT2D eigenvalue weighted by molar-refractivity contribution is -0.158. The van der Waals surface area contributed by atoms with Gasteiger partial charge in [0.15, 0.2) is 0 Å². The summed E-state index contributed by atoms with van der Waals surface area (Å²) in [6.45, 7) is 9.60. The summed E-state index contributed by atoms with van der Waals surface area (Å²) in [5.41, 5.74) is 21.3. The van der Waals surface area contributed by atoms with Crippen LogP contribution in [0.5, 0.6) is 0 Å². The molecule has 4 aliphatic carbocycles. The van der Waals surface area contributed by atoms with Crippen LogP contribution < -0.4 is 17.2 Å². The number of rotatable bonds is 4. The van der Waals surface area contributed by atoms with Crippen molar-refractivity contribution in [1.82, 2.24) is 0 Å². The van der Waals surface area contributed by atoms with Crippen LogP contribution in [-0.4, -0.2) is 52.0 Å². The van der Waals surface area contributed by atoms with Gasteiger partial charge in [0.05, 0.1) is 11.7 Å². The largest absolute Gasteiger partial charge is 0.478 e. The molecule has 0 aromatic heterocycles. The van der Waals surface area contributed by atoms with Crippen LogP contribution in [0, 0.1) is 28.6 Å². The van der Waals surface area contributed by atoms with E-state index in [1.807, 2.05) is 19.9 Å². The lowest BCUT2D eigenvalue weighted by Crippen LogP contribution is -2.74. The Labute approximate surface area is 220 Å². The molecule has 4 fully saturated rings. The standard InChI is InChI=1S/C29H45N3O5/c1-15(2)7-6-8-17(26(35)36)23-21(37-16(3)33)14-28(5)24(23)19(30)13-22-27(4)11-10-20(34)25(31)18(27)9-12-29(22,28)32/h6-8,18-22,24-25,34H,9-14,30-32H2,1-5H3,(H,35,36)/b8-6-,23-17+/t18-,19-,20+,21-,22-,24-,25-,27-,28-,29+/m0/s1. The molecule has 8 N–H and O–H groups in total. The summed E-state index contributed by atoms with van der Waals surface area (Å²) in [6, 6.07) is -0.649. The molecule has 4 aliphatic rings. The van der Waals surface area contributed by atoms with E-state index >= 15 is 0 Å². The Hall–Kier alpha value is -2.00. The second kappa shape index (κ2) is 9.63. The predicted molar refractivity (Wildman–Crippen MR) is 142 cm³/mol. The van der Waals surface area contributed by atoms with Gasteiger partial charge in [-0.15, -0.1) is 0 Å². The smallest absolute Gasteiger partial charge is 0.335 e. The highest BCUT2D eigenvalue weighted by atomic mass is 16.5. The normalized spacial score (nSPS) is 46.5. The second-order valence-electron chi connectivity index (χ2n) is 12.8. The molecule has 0 heterocycles. The van der Waals surface area contributed by atoms with E-state index in [4.69, 9.17) is 21.9 Å². The van der Waals surface area contributed by atoms with Crippen LogP contribution >= 0.6 is 0 Å². The van der Waals surface area contributed by atoms with Gasteiger partial charge in [-0.3, -0.25) is 4.79 Å². The first-order valence-corrected chi connectivity index (χ1v) is 13.6. The minimum Gasteiger partial charge on any atom is -0.478 e. The first-order chi connectivity index (χ1) is 17.2. The number of nitrogens with two attached hydrogens (primary N) is 3. The Kier molecular flexibility index (Phi) is 7.29. The fourth-order valence-corrected chi connectivity index (χ4v) is 8.85. The van der Waals surface area contributed by atoms with E-state index in [0.717, 1.165) is 18.4 Å². The Bertz CT molecular complexity index is 1050. The first-order valence-electron chi connectivity index (χ1n) is 13.6. The lowest BCUT2D eigenvalue weighted by atomic mass is 9.39. The molecule has 4 rings (SSSR count). The number of carbonyl (C=O) groups is 2. The van der Waals surface area contributed by atoms with Crippen molar-refractivity contribution in [2.75, 3.05) is 0 Å². The summed E-state index contributed by atoms with van der Waals surface area (Å²) in [4.78, 5) is 24.7. The monoisotopic (exact) mass is 515 g/mol. The zero-order valence-electron chi connectivity index (χ0n) is 22.9.